The molecule has 0 aliphatic heterocycles. The third-order valence-electron chi connectivity index (χ3n) is 6.69. The van der Waals surface area contributed by atoms with Gasteiger partial charge in [0.25, 0.3) is 0 Å². The highest BCUT2D eigenvalue weighted by Gasteiger charge is 2.16. The number of carboxylic acid groups (broad SMARTS) is 1. The second-order valence-corrected chi connectivity index (χ2v) is 9.85. The normalized spacial score (nSPS) is 12.5. The maximum atomic E-state index is 11.2. The van der Waals surface area contributed by atoms with Gasteiger partial charge in [0.05, 0.1) is 6.42 Å². The third kappa shape index (κ3) is 22.4. The van der Waals surface area contributed by atoms with Crippen LogP contribution < -0.4 is 0 Å². The smallest absolute Gasteiger partial charge is 0.304 e. The van der Waals surface area contributed by atoms with Crippen molar-refractivity contribution in [1.82, 2.24) is 4.90 Å². The molecule has 0 aromatic heterocycles. The molecule has 0 radical (unpaired) electrons. The summed E-state index contributed by atoms with van der Waals surface area (Å²) >= 11 is 0. The fourth-order valence-corrected chi connectivity index (χ4v) is 4.54. The lowest BCUT2D eigenvalue weighted by Crippen LogP contribution is -2.36. The Morgan fingerprint density at radius 1 is 0.581 bits per heavy atom. The molecule has 0 aliphatic rings. The van der Waals surface area contributed by atoms with E-state index < -0.39 is 5.97 Å². The summed E-state index contributed by atoms with van der Waals surface area (Å²) in [7, 11) is 0. The van der Waals surface area contributed by atoms with Crippen LogP contribution in [0, 0.1) is 0 Å². The fraction of sp³-hybridized carbons (Fsp3) is 0.964. The Hall–Kier alpha value is -0.570. The summed E-state index contributed by atoms with van der Waals surface area (Å²) in [5.41, 5.74) is 0. The van der Waals surface area contributed by atoms with Crippen LogP contribution in [-0.4, -0.2) is 35.1 Å². The molecule has 186 valence electrons. The first-order chi connectivity index (χ1) is 15.1. The van der Waals surface area contributed by atoms with E-state index >= 15 is 0 Å². The zero-order valence-corrected chi connectivity index (χ0v) is 21.6. The van der Waals surface area contributed by atoms with Crippen LogP contribution in [0.1, 0.15) is 156 Å². The summed E-state index contributed by atoms with van der Waals surface area (Å²) in [6.45, 7) is 8.79. The molecule has 1 atom stereocenters. The van der Waals surface area contributed by atoms with Crippen LogP contribution in [0.3, 0.4) is 0 Å². The van der Waals surface area contributed by atoms with Crippen molar-refractivity contribution in [2.75, 3.05) is 13.1 Å². The Balaban J connectivity index is 3.82. The minimum Gasteiger partial charge on any atom is -0.481 e. The highest BCUT2D eigenvalue weighted by molar-refractivity contribution is 5.67. The molecular weight excluding hydrogens is 382 g/mol. The predicted octanol–water partition coefficient (Wildman–Crippen LogP) is 8.99. The van der Waals surface area contributed by atoms with Crippen molar-refractivity contribution in [3.8, 4) is 0 Å². The Labute approximate surface area is 195 Å². The van der Waals surface area contributed by atoms with Gasteiger partial charge in [-0.05, 0) is 32.9 Å². The molecule has 0 amide bonds. The molecule has 1 N–H and O–H groups in total. The number of carboxylic acids is 1. The molecule has 1 unspecified atom stereocenters. The summed E-state index contributed by atoms with van der Waals surface area (Å²) in [4.78, 5) is 13.6. The zero-order valence-electron chi connectivity index (χ0n) is 21.6. The molecule has 3 nitrogen and oxygen atoms in total. The van der Waals surface area contributed by atoms with Crippen molar-refractivity contribution in [3.63, 3.8) is 0 Å². The van der Waals surface area contributed by atoms with Crippen LogP contribution >= 0.6 is 0 Å². The zero-order chi connectivity index (χ0) is 23.0. The van der Waals surface area contributed by atoms with Gasteiger partial charge in [0.2, 0.25) is 0 Å². The molecule has 0 bridgehead atoms. The van der Waals surface area contributed by atoms with E-state index in [1.54, 1.807) is 0 Å². The minimum absolute atomic E-state index is 0.162. The van der Waals surface area contributed by atoms with E-state index in [1.165, 1.54) is 128 Å². The molecule has 0 rings (SSSR count). The first-order valence-corrected chi connectivity index (χ1v) is 14.1. The Morgan fingerprint density at radius 3 is 1.16 bits per heavy atom. The van der Waals surface area contributed by atoms with Gasteiger partial charge in [-0.15, -0.1) is 0 Å². The first-order valence-electron chi connectivity index (χ1n) is 14.1. The minimum atomic E-state index is -0.663. The standard InChI is InChI=1S/C28H57NO2/c1-4-6-8-10-12-14-16-18-20-22-24-29(27(3)26-28(30)31)25-23-21-19-17-15-13-11-9-7-5-2/h27H,4-26H2,1-3H3,(H,30,31). The van der Waals surface area contributed by atoms with Crippen LogP contribution in [0.25, 0.3) is 0 Å². The molecule has 0 fully saturated rings. The van der Waals surface area contributed by atoms with Crippen molar-refractivity contribution in [1.29, 1.82) is 0 Å². The Bertz CT molecular complexity index is 348. The van der Waals surface area contributed by atoms with Crippen molar-refractivity contribution in [3.05, 3.63) is 0 Å². The van der Waals surface area contributed by atoms with Crippen LogP contribution in [0.4, 0.5) is 0 Å². The van der Waals surface area contributed by atoms with E-state index in [1.807, 2.05) is 0 Å². The van der Waals surface area contributed by atoms with Gasteiger partial charge in [-0.1, -0.05) is 129 Å². The van der Waals surface area contributed by atoms with E-state index in [0.717, 1.165) is 13.1 Å². The lowest BCUT2D eigenvalue weighted by atomic mass is 10.1. The first kappa shape index (κ1) is 30.4. The van der Waals surface area contributed by atoms with Crippen LogP contribution in [-0.2, 0) is 4.79 Å². The number of hydrogen-bond donors (Lipinski definition) is 1. The van der Waals surface area contributed by atoms with Gasteiger partial charge in [-0.25, -0.2) is 0 Å². The van der Waals surface area contributed by atoms with Gasteiger partial charge in [0.15, 0.2) is 0 Å². The van der Waals surface area contributed by atoms with Gasteiger partial charge in [-0.2, -0.15) is 0 Å². The molecular formula is C28H57NO2. The topological polar surface area (TPSA) is 40.5 Å². The van der Waals surface area contributed by atoms with Gasteiger partial charge in [-0.3, -0.25) is 4.79 Å². The predicted molar refractivity (Wildman–Crippen MR) is 137 cm³/mol. The maximum Gasteiger partial charge on any atom is 0.304 e. The quantitative estimate of drug-likeness (QED) is 0.144. The Morgan fingerprint density at radius 2 is 0.871 bits per heavy atom. The molecule has 0 spiro atoms. The molecule has 0 aliphatic carbocycles. The second kappa shape index (κ2) is 24.1. The molecule has 31 heavy (non-hydrogen) atoms. The number of carbonyl (C=O) groups is 1. The van der Waals surface area contributed by atoms with Gasteiger partial charge in [0.1, 0.15) is 0 Å². The third-order valence-corrected chi connectivity index (χ3v) is 6.69. The van der Waals surface area contributed by atoms with Gasteiger partial charge < -0.3 is 10.0 Å². The highest BCUT2D eigenvalue weighted by atomic mass is 16.4. The summed E-state index contributed by atoms with van der Waals surface area (Å²) in [5, 5.41) is 9.20. The molecule has 0 aromatic rings. The number of rotatable bonds is 25. The van der Waals surface area contributed by atoms with Gasteiger partial charge >= 0.3 is 5.97 Å². The monoisotopic (exact) mass is 439 g/mol. The number of hydrogen-bond acceptors (Lipinski definition) is 2. The summed E-state index contributed by atoms with van der Waals surface area (Å²) in [5.74, 6) is -0.663. The maximum absolute atomic E-state index is 11.2. The van der Waals surface area contributed by atoms with E-state index in [0.29, 0.717) is 0 Å². The lowest BCUT2D eigenvalue weighted by molar-refractivity contribution is -0.138. The summed E-state index contributed by atoms with van der Waals surface area (Å²) in [6, 6.07) is 0.162. The van der Waals surface area contributed by atoms with E-state index in [9.17, 15) is 9.90 Å². The lowest BCUT2D eigenvalue weighted by Gasteiger charge is -2.28. The van der Waals surface area contributed by atoms with Crippen LogP contribution in [0.5, 0.6) is 0 Å². The van der Waals surface area contributed by atoms with Crippen LogP contribution in [0.2, 0.25) is 0 Å². The average molecular weight is 440 g/mol. The molecule has 0 saturated heterocycles. The highest BCUT2D eigenvalue weighted by Crippen LogP contribution is 2.14. The Kier molecular flexibility index (Phi) is 23.6. The van der Waals surface area contributed by atoms with Gasteiger partial charge in [0, 0.05) is 6.04 Å². The molecule has 0 heterocycles. The van der Waals surface area contributed by atoms with E-state index in [2.05, 4.69) is 25.7 Å². The molecule has 0 aromatic carbocycles. The fourth-order valence-electron chi connectivity index (χ4n) is 4.54. The number of unbranched alkanes of at least 4 members (excludes halogenated alkanes) is 18. The van der Waals surface area contributed by atoms with E-state index in [4.69, 9.17) is 0 Å². The number of aliphatic carboxylic acids is 1. The summed E-state index contributed by atoms with van der Waals surface area (Å²) < 4.78 is 0. The summed E-state index contributed by atoms with van der Waals surface area (Å²) in [6.07, 6.45) is 27.4. The van der Waals surface area contributed by atoms with Crippen molar-refractivity contribution in [2.45, 2.75) is 162 Å². The SMILES string of the molecule is CCCCCCCCCCCCN(CCCCCCCCCCCC)C(C)CC(=O)O. The van der Waals surface area contributed by atoms with Crippen molar-refractivity contribution in [2.24, 2.45) is 0 Å². The van der Waals surface area contributed by atoms with E-state index in [-0.39, 0.29) is 12.5 Å². The largest absolute Gasteiger partial charge is 0.481 e. The van der Waals surface area contributed by atoms with Crippen molar-refractivity contribution < 1.29 is 9.90 Å². The van der Waals surface area contributed by atoms with Crippen LogP contribution in [0.15, 0.2) is 0 Å². The average Bonchev–Trinajstić information content (AvgIpc) is 2.74. The number of nitrogens with zero attached hydrogens (tertiary/aromatic N) is 1. The molecule has 0 saturated carbocycles. The second-order valence-electron chi connectivity index (χ2n) is 9.85. The van der Waals surface area contributed by atoms with Crippen molar-refractivity contribution >= 4 is 5.97 Å². The molecule has 3 heteroatoms.